The van der Waals surface area contributed by atoms with E-state index in [4.69, 9.17) is 10.5 Å². The summed E-state index contributed by atoms with van der Waals surface area (Å²) in [6.45, 7) is 8.98. The van der Waals surface area contributed by atoms with E-state index < -0.39 is 5.60 Å². The van der Waals surface area contributed by atoms with Crippen LogP contribution in [0.2, 0.25) is 0 Å². The fourth-order valence-corrected chi connectivity index (χ4v) is 5.96. The van der Waals surface area contributed by atoms with Crippen LogP contribution in [-0.4, -0.2) is 58.8 Å². The van der Waals surface area contributed by atoms with E-state index in [0.717, 1.165) is 49.7 Å². The number of fused-ring (bicyclic) bond motifs is 3. The molecule has 5 rings (SSSR count). The second-order valence-electron chi connectivity index (χ2n) is 10.7. The number of hydrogen-bond acceptors (Lipinski definition) is 7. The summed E-state index contributed by atoms with van der Waals surface area (Å²) in [5.74, 6) is 4.61. The molecule has 0 radical (unpaired) electrons. The minimum atomic E-state index is -0.457. The van der Waals surface area contributed by atoms with E-state index in [9.17, 15) is 4.79 Å². The van der Waals surface area contributed by atoms with Gasteiger partial charge in [0.25, 0.3) is 0 Å². The molecule has 1 unspecified atom stereocenters. The van der Waals surface area contributed by atoms with Crippen molar-refractivity contribution in [3.8, 4) is 0 Å². The lowest BCUT2D eigenvalue weighted by Crippen LogP contribution is -2.37. The molecule has 5 atom stereocenters. The van der Waals surface area contributed by atoms with Gasteiger partial charge in [0.05, 0.1) is 0 Å². The Bertz CT molecular complexity index is 810. The molecule has 2 saturated heterocycles. The summed E-state index contributed by atoms with van der Waals surface area (Å²) in [6, 6.07) is 2.57. The summed E-state index contributed by atoms with van der Waals surface area (Å²) in [5, 5.41) is 3.64. The van der Waals surface area contributed by atoms with Crippen LogP contribution < -0.4 is 16.0 Å². The van der Waals surface area contributed by atoms with Gasteiger partial charge in [0.1, 0.15) is 17.2 Å². The molecule has 2 bridgehead atoms. The van der Waals surface area contributed by atoms with Crippen LogP contribution in [0, 0.1) is 23.7 Å². The number of carbonyl (C=O) groups excluding carboxylic acids is 1. The molecule has 2 aliphatic heterocycles. The molecular formula is C22H34N6O2. The molecular weight excluding hydrogens is 380 g/mol. The summed E-state index contributed by atoms with van der Waals surface area (Å²) >= 11 is 0. The van der Waals surface area contributed by atoms with Crippen LogP contribution in [0.15, 0.2) is 6.07 Å². The zero-order valence-electron chi connectivity index (χ0n) is 18.3. The number of ether oxygens (including phenoxy) is 1. The molecule has 4 fully saturated rings. The number of hydrogen-bond donors (Lipinski definition) is 2. The summed E-state index contributed by atoms with van der Waals surface area (Å²) in [7, 11) is 0. The number of nitrogens with zero attached hydrogens (tertiary/aromatic N) is 4. The zero-order chi connectivity index (χ0) is 21.0. The lowest BCUT2D eigenvalue weighted by molar-refractivity contribution is 0.0282. The molecule has 4 aliphatic rings. The number of amides is 1. The lowest BCUT2D eigenvalue weighted by Gasteiger charge is -2.27. The van der Waals surface area contributed by atoms with Gasteiger partial charge in [-0.15, -0.1) is 0 Å². The van der Waals surface area contributed by atoms with Gasteiger partial charge in [-0.25, -0.2) is 4.79 Å². The molecule has 164 valence electrons. The zero-order valence-corrected chi connectivity index (χ0v) is 18.3. The van der Waals surface area contributed by atoms with Crippen molar-refractivity contribution in [2.45, 2.75) is 58.1 Å². The molecule has 1 aromatic rings. The number of anilines is 3. The van der Waals surface area contributed by atoms with Crippen molar-refractivity contribution in [2.75, 3.05) is 42.1 Å². The van der Waals surface area contributed by atoms with E-state index in [1.54, 1.807) is 0 Å². The van der Waals surface area contributed by atoms with Gasteiger partial charge in [-0.3, -0.25) is 0 Å². The van der Waals surface area contributed by atoms with Gasteiger partial charge in [-0.1, -0.05) is 6.42 Å². The average Bonchev–Trinajstić information content (AvgIpc) is 3.39. The fraction of sp³-hybridized carbons (Fsp3) is 0.773. The second kappa shape index (κ2) is 7.17. The number of carbonyl (C=O) groups is 1. The van der Waals surface area contributed by atoms with E-state index in [-0.39, 0.29) is 6.09 Å². The van der Waals surface area contributed by atoms with Gasteiger partial charge in [0.2, 0.25) is 5.95 Å². The number of rotatable bonds is 3. The molecule has 2 saturated carbocycles. The molecule has 1 aromatic heterocycles. The van der Waals surface area contributed by atoms with Crippen LogP contribution >= 0.6 is 0 Å². The summed E-state index contributed by atoms with van der Waals surface area (Å²) in [4.78, 5) is 25.5. The van der Waals surface area contributed by atoms with Gasteiger partial charge >= 0.3 is 6.09 Å². The predicted molar refractivity (Wildman–Crippen MR) is 116 cm³/mol. The summed E-state index contributed by atoms with van der Waals surface area (Å²) < 4.78 is 5.54. The number of aromatic nitrogens is 2. The Balaban J connectivity index is 1.22. The Morgan fingerprint density at radius 3 is 2.43 bits per heavy atom. The first kappa shape index (κ1) is 19.7. The topological polar surface area (TPSA) is 96.6 Å². The van der Waals surface area contributed by atoms with Crippen molar-refractivity contribution in [1.82, 2.24) is 14.9 Å². The van der Waals surface area contributed by atoms with Crippen molar-refractivity contribution < 1.29 is 9.53 Å². The molecule has 1 amide bonds. The van der Waals surface area contributed by atoms with Crippen molar-refractivity contribution in [1.29, 1.82) is 0 Å². The van der Waals surface area contributed by atoms with Crippen molar-refractivity contribution in [3.05, 3.63) is 6.07 Å². The van der Waals surface area contributed by atoms with Crippen LogP contribution in [0.5, 0.6) is 0 Å². The maximum Gasteiger partial charge on any atom is 0.410 e. The first-order valence-corrected chi connectivity index (χ1v) is 11.4. The van der Waals surface area contributed by atoms with Crippen LogP contribution in [-0.2, 0) is 4.74 Å². The summed E-state index contributed by atoms with van der Waals surface area (Å²) in [5.41, 5.74) is 5.60. The van der Waals surface area contributed by atoms with E-state index in [2.05, 4.69) is 26.3 Å². The van der Waals surface area contributed by atoms with Crippen molar-refractivity contribution in [2.24, 2.45) is 23.7 Å². The van der Waals surface area contributed by atoms with Gasteiger partial charge in [-0.05, 0) is 51.9 Å². The van der Waals surface area contributed by atoms with Crippen LogP contribution in [0.1, 0.15) is 46.5 Å². The minimum Gasteiger partial charge on any atom is -0.444 e. The summed E-state index contributed by atoms with van der Waals surface area (Å²) in [6.07, 6.45) is 5.12. The maximum absolute atomic E-state index is 12.4. The Labute approximate surface area is 178 Å². The number of nitrogens with one attached hydrogen (secondary N) is 1. The fourth-order valence-electron chi connectivity index (χ4n) is 5.96. The molecule has 3 N–H and O–H groups in total. The molecule has 8 heteroatoms. The second-order valence-corrected chi connectivity index (χ2v) is 10.7. The Morgan fingerprint density at radius 2 is 1.83 bits per heavy atom. The molecule has 0 aromatic carbocycles. The predicted octanol–water partition coefficient (Wildman–Crippen LogP) is 2.96. The molecule has 2 aliphatic carbocycles. The van der Waals surface area contributed by atoms with Crippen LogP contribution in [0.4, 0.5) is 22.4 Å². The minimum absolute atomic E-state index is 0.202. The average molecular weight is 415 g/mol. The third kappa shape index (κ3) is 3.88. The number of nitrogen functional groups attached to an aromatic ring is 1. The van der Waals surface area contributed by atoms with Crippen LogP contribution in [0.3, 0.4) is 0 Å². The van der Waals surface area contributed by atoms with Gasteiger partial charge in [-0.2, -0.15) is 9.97 Å². The highest BCUT2D eigenvalue weighted by Gasteiger charge is 2.43. The molecule has 3 heterocycles. The highest BCUT2D eigenvalue weighted by atomic mass is 16.6. The Hall–Kier alpha value is -2.25. The van der Waals surface area contributed by atoms with Crippen LogP contribution in [0.25, 0.3) is 0 Å². The molecule has 30 heavy (non-hydrogen) atoms. The monoisotopic (exact) mass is 414 g/mol. The Kier molecular flexibility index (Phi) is 4.71. The molecule has 0 spiro atoms. The van der Waals surface area contributed by atoms with Gasteiger partial charge in [0.15, 0.2) is 0 Å². The highest BCUT2D eigenvalue weighted by molar-refractivity contribution is 5.68. The third-order valence-electron chi connectivity index (χ3n) is 7.26. The third-order valence-corrected chi connectivity index (χ3v) is 7.26. The first-order valence-electron chi connectivity index (χ1n) is 11.4. The van der Waals surface area contributed by atoms with Gasteiger partial charge in [0, 0.05) is 50.1 Å². The number of nitrogens with two attached hydrogens (primary N) is 1. The normalized spacial score (nSPS) is 32.6. The maximum atomic E-state index is 12.4. The number of likely N-dealkylation sites (tertiary alicyclic amines) is 1. The molecule has 8 nitrogen and oxygen atoms in total. The van der Waals surface area contributed by atoms with Crippen molar-refractivity contribution >= 4 is 23.7 Å². The van der Waals surface area contributed by atoms with E-state index in [1.165, 1.54) is 25.7 Å². The van der Waals surface area contributed by atoms with E-state index >= 15 is 0 Å². The van der Waals surface area contributed by atoms with E-state index in [0.29, 0.717) is 23.8 Å². The first-order chi connectivity index (χ1) is 14.2. The largest absolute Gasteiger partial charge is 0.444 e. The smallest absolute Gasteiger partial charge is 0.410 e. The SMILES string of the molecule is CC(C)(C)OC(=O)N1C[C@@H]2CN(c3cc(N[C@H]4C[C@H]5CCC4C5)nc(N)n3)C[C@@H]2C1. The van der Waals surface area contributed by atoms with Crippen molar-refractivity contribution in [3.63, 3.8) is 0 Å². The standard InChI is InChI=1S/C22H34N6O2/c1-22(2,3)30-21(29)28-11-15-9-27(10-16(15)12-28)19-8-18(25-20(23)26-19)24-17-7-13-4-5-14(17)6-13/h8,13-17H,4-7,9-12H2,1-3H3,(H3,23,24,25,26)/t13-,14?,15-,16+,17-/m0/s1. The van der Waals surface area contributed by atoms with Gasteiger partial charge < -0.3 is 25.6 Å². The lowest BCUT2D eigenvalue weighted by atomic mass is 9.95. The highest BCUT2D eigenvalue weighted by Crippen LogP contribution is 2.45. The Morgan fingerprint density at radius 1 is 1.10 bits per heavy atom. The van der Waals surface area contributed by atoms with E-state index in [1.807, 2.05) is 25.7 Å². The quantitative estimate of drug-likeness (QED) is 0.785.